The van der Waals surface area contributed by atoms with Crippen molar-refractivity contribution in [1.29, 1.82) is 0 Å². The number of hydrogen-bond acceptors (Lipinski definition) is 0. The Hall–Kier alpha value is -1.41. The van der Waals surface area contributed by atoms with Crippen LogP contribution in [0.5, 0.6) is 0 Å². The summed E-state index contributed by atoms with van der Waals surface area (Å²) in [5.41, 5.74) is -1.62. The third kappa shape index (κ3) is 2.22. The Morgan fingerprint density at radius 3 is 1.65 bits per heavy atom. The first kappa shape index (κ1) is 16.6. The minimum Gasteiger partial charge on any atom is -0.244 e. The number of alkyl halides is 9. The van der Waals surface area contributed by atoms with E-state index in [2.05, 4.69) is 6.07 Å². The zero-order chi connectivity index (χ0) is 15.8. The second kappa shape index (κ2) is 4.85. The van der Waals surface area contributed by atoms with E-state index in [9.17, 15) is 39.5 Å². The van der Waals surface area contributed by atoms with Crippen LogP contribution in [-0.4, -0.2) is 24.4 Å². The Morgan fingerprint density at radius 2 is 1.25 bits per heavy atom. The van der Waals surface area contributed by atoms with Crippen molar-refractivity contribution >= 4 is 0 Å². The smallest absolute Gasteiger partial charge is 0.244 e. The molecule has 0 aliphatic carbocycles. The van der Waals surface area contributed by atoms with Gasteiger partial charge in [-0.1, -0.05) is 24.3 Å². The molecule has 0 amide bonds. The van der Waals surface area contributed by atoms with Crippen molar-refractivity contribution in [1.82, 2.24) is 0 Å². The first-order valence-electron chi connectivity index (χ1n) is 4.95. The summed E-state index contributed by atoms with van der Waals surface area (Å²) in [5, 5.41) is 0. The van der Waals surface area contributed by atoms with Crippen LogP contribution in [0.2, 0.25) is 0 Å². The van der Waals surface area contributed by atoms with Gasteiger partial charge < -0.3 is 0 Å². The normalized spacial score (nSPS) is 14.4. The quantitative estimate of drug-likeness (QED) is 0.705. The van der Waals surface area contributed by atoms with E-state index in [0.717, 1.165) is 0 Å². The average Bonchev–Trinajstić information content (AvgIpc) is 2.39. The topological polar surface area (TPSA) is 0 Å². The minimum atomic E-state index is -6.57. The van der Waals surface area contributed by atoms with Crippen LogP contribution in [0.1, 0.15) is 5.56 Å². The molecule has 0 saturated carbocycles. The van der Waals surface area contributed by atoms with E-state index < -0.39 is 35.9 Å². The maximum absolute atomic E-state index is 13.4. The molecule has 1 aromatic rings. The Labute approximate surface area is 107 Å². The van der Waals surface area contributed by atoms with Gasteiger partial charge in [-0.3, -0.25) is 0 Å². The van der Waals surface area contributed by atoms with Gasteiger partial charge in [0.1, 0.15) is 0 Å². The summed E-state index contributed by atoms with van der Waals surface area (Å²) in [4.78, 5) is 0. The molecule has 0 nitrogen and oxygen atoms in total. The highest BCUT2D eigenvalue weighted by Gasteiger charge is 2.80. The highest BCUT2D eigenvalue weighted by atomic mass is 19.4. The second-order valence-corrected chi connectivity index (χ2v) is 3.85. The van der Waals surface area contributed by atoms with Gasteiger partial charge in [0.25, 0.3) is 0 Å². The number of halogens is 9. The van der Waals surface area contributed by atoms with Crippen molar-refractivity contribution in [2.24, 2.45) is 0 Å². The molecule has 0 fully saturated rings. The van der Waals surface area contributed by atoms with Crippen LogP contribution in [0.4, 0.5) is 39.5 Å². The lowest BCUT2D eigenvalue weighted by Gasteiger charge is -2.35. The molecule has 0 bridgehead atoms. The van der Waals surface area contributed by atoms with Crippen LogP contribution in [0, 0.1) is 6.07 Å². The lowest BCUT2D eigenvalue weighted by molar-refractivity contribution is -0.371. The lowest BCUT2D eigenvalue weighted by atomic mass is 9.94. The number of rotatable bonds is 5. The van der Waals surface area contributed by atoms with E-state index in [1.54, 1.807) is 0 Å². The molecule has 0 aliphatic heterocycles. The van der Waals surface area contributed by atoms with Gasteiger partial charge in [-0.05, 0) is 6.07 Å². The van der Waals surface area contributed by atoms with E-state index >= 15 is 0 Å². The summed E-state index contributed by atoms with van der Waals surface area (Å²) in [6.07, 6.45) is 0. The minimum absolute atomic E-state index is 0.317. The SMILES string of the molecule is FCC(F)(F)C(F)(F)C(F)(F)C(F)(F)c1cc[c]cc1. The molecule has 0 N–H and O–H groups in total. The van der Waals surface area contributed by atoms with Gasteiger partial charge >= 0.3 is 23.7 Å². The fourth-order valence-corrected chi connectivity index (χ4v) is 1.29. The van der Waals surface area contributed by atoms with E-state index in [4.69, 9.17) is 0 Å². The van der Waals surface area contributed by atoms with Gasteiger partial charge in [-0.2, -0.15) is 35.1 Å². The van der Waals surface area contributed by atoms with Crippen molar-refractivity contribution in [3.05, 3.63) is 35.9 Å². The fourth-order valence-electron chi connectivity index (χ4n) is 1.29. The third-order valence-corrected chi connectivity index (χ3v) is 2.50. The summed E-state index contributed by atoms with van der Waals surface area (Å²) >= 11 is 0. The second-order valence-electron chi connectivity index (χ2n) is 3.85. The fraction of sp³-hybridized carbons (Fsp3) is 0.455. The summed E-state index contributed by atoms with van der Waals surface area (Å²) in [5.74, 6) is -24.6. The molecule has 20 heavy (non-hydrogen) atoms. The van der Waals surface area contributed by atoms with Crippen LogP contribution in [0.25, 0.3) is 0 Å². The van der Waals surface area contributed by atoms with Crippen LogP contribution < -0.4 is 0 Å². The van der Waals surface area contributed by atoms with E-state index in [1.165, 1.54) is 0 Å². The molecule has 0 aromatic heterocycles. The Morgan fingerprint density at radius 1 is 0.800 bits per heavy atom. The predicted octanol–water partition coefficient (Wildman–Crippen LogP) is 4.45. The van der Waals surface area contributed by atoms with Gasteiger partial charge in [0.15, 0.2) is 6.67 Å². The van der Waals surface area contributed by atoms with E-state index in [1.807, 2.05) is 0 Å². The molecule has 0 unspecified atom stereocenters. The van der Waals surface area contributed by atoms with Crippen molar-refractivity contribution in [3.63, 3.8) is 0 Å². The zero-order valence-corrected chi connectivity index (χ0v) is 9.42. The number of hydrogen-bond donors (Lipinski definition) is 0. The maximum atomic E-state index is 13.4. The molecule has 0 spiro atoms. The Balaban J connectivity index is 3.35. The van der Waals surface area contributed by atoms with Gasteiger partial charge in [0.2, 0.25) is 0 Å². The summed E-state index contributed by atoms with van der Waals surface area (Å²) in [6, 6.07) is 4.22. The lowest BCUT2D eigenvalue weighted by Crippen LogP contribution is -2.61. The Kier molecular flexibility index (Phi) is 4.04. The molecule has 0 heterocycles. The molecule has 1 radical (unpaired) electrons. The average molecular weight is 309 g/mol. The van der Waals surface area contributed by atoms with Crippen molar-refractivity contribution in [2.45, 2.75) is 23.7 Å². The predicted molar refractivity (Wildman–Crippen MR) is 50.0 cm³/mol. The first-order valence-corrected chi connectivity index (χ1v) is 4.95. The van der Waals surface area contributed by atoms with Crippen LogP contribution in [0.3, 0.4) is 0 Å². The molecule has 0 aliphatic rings. The number of benzene rings is 1. The van der Waals surface area contributed by atoms with Crippen LogP contribution in [-0.2, 0) is 5.92 Å². The zero-order valence-electron chi connectivity index (χ0n) is 9.42. The van der Waals surface area contributed by atoms with E-state index in [-0.39, 0.29) is 0 Å². The van der Waals surface area contributed by atoms with Crippen molar-refractivity contribution < 1.29 is 39.5 Å². The first-order chi connectivity index (χ1) is 8.92. The van der Waals surface area contributed by atoms with Gasteiger partial charge in [0.05, 0.1) is 0 Å². The summed E-state index contributed by atoms with van der Waals surface area (Å²) in [7, 11) is 0. The van der Waals surface area contributed by atoms with Gasteiger partial charge in [-0.25, -0.2) is 4.39 Å². The molecule has 1 rings (SSSR count). The molecular formula is C11H6F9. The summed E-state index contributed by atoms with van der Waals surface area (Å²) < 4.78 is 116. The third-order valence-electron chi connectivity index (χ3n) is 2.50. The highest BCUT2D eigenvalue weighted by molar-refractivity contribution is 5.24. The molecular weight excluding hydrogens is 303 g/mol. The molecule has 113 valence electrons. The van der Waals surface area contributed by atoms with Gasteiger partial charge in [-0.15, -0.1) is 0 Å². The maximum Gasteiger partial charge on any atom is 0.382 e. The molecule has 1 aromatic carbocycles. The standard InChI is InChI=1S/C11H6F9/c12-6-8(13,14)10(17,18)11(19,20)9(15,16)7-4-2-1-3-5-7/h2-5H,6H2. The highest BCUT2D eigenvalue weighted by Crippen LogP contribution is 2.56. The van der Waals surface area contributed by atoms with Crippen LogP contribution >= 0.6 is 0 Å². The largest absolute Gasteiger partial charge is 0.382 e. The summed E-state index contributed by atoms with van der Waals surface area (Å²) in [6.45, 7) is -3.20. The Bertz CT molecular complexity index is 452. The van der Waals surface area contributed by atoms with Crippen LogP contribution in [0.15, 0.2) is 24.3 Å². The monoisotopic (exact) mass is 309 g/mol. The molecule has 9 heteroatoms. The van der Waals surface area contributed by atoms with E-state index in [0.29, 0.717) is 24.3 Å². The molecule has 0 atom stereocenters. The van der Waals surface area contributed by atoms with Crippen molar-refractivity contribution in [2.75, 3.05) is 6.67 Å². The van der Waals surface area contributed by atoms with Gasteiger partial charge in [0, 0.05) is 5.56 Å². The van der Waals surface area contributed by atoms with Crippen molar-refractivity contribution in [3.8, 4) is 0 Å². The molecule has 0 saturated heterocycles.